The molecule has 1 rings (SSSR count). The van der Waals surface area contributed by atoms with Crippen LogP contribution in [0, 0.1) is 0 Å². The first-order chi connectivity index (χ1) is 8.50. The molecule has 96 valence electrons. The number of urea groups is 1. The van der Waals surface area contributed by atoms with Gasteiger partial charge in [0.05, 0.1) is 0 Å². The first-order valence-corrected chi connectivity index (χ1v) is 5.47. The third-order valence-corrected chi connectivity index (χ3v) is 2.21. The largest absolute Gasteiger partial charge is 0.479 e. The molecule has 0 radical (unpaired) electrons. The van der Waals surface area contributed by atoms with E-state index in [1.807, 2.05) is 0 Å². The molecular weight excluding hydrogens is 232 g/mol. The van der Waals surface area contributed by atoms with Crippen molar-refractivity contribution in [1.82, 2.24) is 10.6 Å². The Morgan fingerprint density at radius 2 is 1.94 bits per heavy atom. The zero-order valence-corrected chi connectivity index (χ0v) is 10.1. The van der Waals surface area contributed by atoms with Gasteiger partial charge in [0.25, 0.3) is 0 Å². The number of carbonyl (C=O) groups excluding carboxylic acids is 1. The van der Waals surface area contributed by atoms with Gasteiger partial charge in [0.1, 0.15) is 0 Å². The van der Waals surface area contributed by atoms with Crippen LogP contribution >= 0.6 is 0 Å². The topological polar surface area (TPSA) is 78.4 Å². The first-order valence-electron chi connectivity index (χ1n) is 5.47. The maximum Gasteiger partial charge on any atom is 0.330 e. The summed E-state index contributed by atoms with van der Waals surface area (Å²) in [5.74, 6) is -1.10. The van der Waals surface area contributed by atoms with E-state index < -0.39 is 18.0 Å². The number of aliphatic carboxylic acids is 1. The predicted octanol–water partition coefficient (Wildman–Crippen LogP) is 1.69. The van der Waals surface area contributed by atoms with Gasteiger partial charge in [0, 0.05) is 6.54 Å². The zero-order valence-electron chi connectivity index (χ0n) is 10.1. The lowest BCUT2D eigenvalue weighted by atomic mass is 10.1. The normalized spacial score (nSPS) is 11.4. The fraction of sp³-hybridized carbons (Fsp3) is 0.231. The molecule has 18 heavy (non-hydrogen) atoms. The van der Waals surface area contributed by atoms with Crippen molar-refractivity contribution in [3.05, 3.63) is 48.0 Å². The van der Waals surface area contributed by atoms with Gasteiger partial charge >= 0.3 is 12.0 Å². The molecular formula is C13H16N2O3. The fourth-order valence-electron chi connectivity index (χ4n) is 1.35. The number of hydrogen-bond acceptors (Lipinski definition) is 2. The highest BCUT2D eigenvalue weighted by molar-refractivity contribution is 5.83. The van der Waals surface area contributed by atoms with Crippen LogP contribution in [-0.2, 0) is 4.79 Å². The molecule has 0 aliphatic carbocycles. The molecule has 0 saturated heterocycles. The second kappa shape index (κ2) is 6.44. The molecule has 3 N–H and O–H groups in total. The molecule has 1 aromatic rings. The molecule has 1 atom stereocenters. The SMILES string of the molecule is C=C(C)CNC(=O)NC(C(=O)O)c1ccccc1. The Morgan fingerprint density at radius 3 is 2.44 bits per heavy atom. The van der Waals surface area contributed by atoms with E-state index in [0.29, 0.717) is 12.1 Å². The van der Waals surface area contributed by atoms with Crippen molar-refractivity contribution in [1.29, 1.82) is 0 Å². The summed E-state index contributed by atoms with van der Waals surface area (Å²) < 4.78 is 0. The molecule has 0 aromatic heterocycles. The third kappa shape index (κ3) is 4.29. The van der Waals surface area contributed by atoms with Crippen molar-refractivity contribution in [3.8, 4) is 0 Å². The lowest BCUT2D eigenvalue weighted by Crippen LogP contribution is -2.41. The zero-order chi connectivity index (χ0) is 13.5. The highest BCUT2D eigenvalue weighted by Gasteiger charge is 2.21. The van der Waals surface area contributed by atoms with Crippen LogP contribution < -0.4 is 10.6 Å². The maximum absolute atomic E-state index is 11.5. The second-order valence-electron chi connectivity index (χ2n) is 3.97. The van der Waals surface area contributed by atoms with Gasteiger partial charge in [-0.05, 0) is 12.5 Å². The molecule has 0 bridgehead atoms. The van der Waals surface area contributed by atoms with Crippen molar-refractivity contribution < 1.29 is 14.7 Å². The number of amides is 2. The van der Waals surface area contributed by atoms with Crippen molar-refractivity contribution in [2.24, 2.45) is 0 Å². The minimum atomic E-state index is -1.10. The summed E-state index contributed by atoms with van der Waals surface area (Å²) in [6, 6.07) is 6.93. The Bertz CT molecular complexity index is 443. The molecule has 5 nitrogen and oxygen atoms in total. The van der Waals surface area contributed by atoms with E-state index in [2.05, 4.69) is 17.2 Å². The van der Waals surface area contributed by atoms with Gasteiger partial charge in [-0.15, -0.1) is 0 Å². The Hall–Kier alpha value is -2.30. The molecule has 0 heterocycles. The second-order valence-corrected chi connectivity index (χ2v) is 3.97. The van der Waals surface area contributed by atoms with Crippen LogP contribution in [0.2, 0.25) is 0 Å². The number of carboxylic acid groups (broad SMARTS) is 1. The van der Waals surface area contributed by atoms with Gasteiger partial charge in [-0.2, -0.15) is 0 Å². The van der Waals surface area contributed by atoms with Crippen LogP contribution in [0.1, 0.15) is 18.5 Å². The first kappa shape index (κ1) is 13.8. The smallest absolute Gasteiger partial charge is 0.330 e. The number of nitrogens with one attached hydrogen (secondary N) is 2. The standard InChI is InChI=1S/C13H16N2O3/c1-9(2)8-14-13(18)15-11(12(16)17)10-6-4-3-5-7-10/h3-7,11H,1,8H2,2H3,(H,16,17)(H2,14,15,18). The Labute approximate surface area is 106 Å². The molecule has 0 fully saturated rings. The van der Waals surface area contributed by atoms with Crippen LogP contribution in [-0.4, -0.2) is 23.7 Å². The summed E-state index contributed by atoms with van der Waals surface area (Å²) in [7, 11) is 0. The summed E-state index contributed by atoms with van der Waals surface area (Å²) in [6.45, 7) is 5.72. The van der Waals surface area contributed by atoms with Crippen LogP contribution in [0.5, 0.6) is 0 Å². The lowest BCUT2D eigenvalue weighted by Gasteiger charge is -2.15. The highest BCUT2D eigenvalue weighted by Crippen LogP contribution is 2.12. The average Bonchev–Trinajstić information content (AvgIpc) is 2.34. The van der Waals surface area contributed by atoms with E-state index in [1.165, 1.54) is 0 Å². The van der Waals surface area contributed by atoms with Gasteiger partial charge in [-0.1, -0.05) is 42.5 Å². The van der Waals surface area contributed by atoms with Gasteiger partial charge in [0.2, 0.25) is 0 Å². The fourth-order valence-corrected chi connectivity index (χ4v) is 1.35. The van der Waals surface area contributed by atoms with Gasteiger partial charge in [0.15, 0.2) is 6.04 Å². The van der Waals surface area contributed by atoms with Crippen LogP contribution in [0.3, 0.4) is 0 Å². The lowest BCUT2D eigenvalue weighted by molar-refractivity contribution is -0.139. The summed E-state index contributed by atoms with van der Waals surface area (Å²) >= 11 is 0. The van der Waals surface area contributed by atoms with Crippen molar-refractivity contribution in [2.45, 2.75) is 13.0 Å². The van der Waals surface area contributed by atoms with Gasteiger partial charge in [-0.25, -0.2) is 9.59 Å². The molecule has 0 aliphatic rings. The molecule has 0 saturated carbocycles. The van der Waals surface area contributed by atoms with Gasteiger partial charge < -0.3 is 15.7 Å². The number of hydrogen-bond donors (Lipinski definition) is 3. The predicted molar refractivity (Wildman–Crippen MR) is 68.2 cm³/mol. The highest BCUT2D eigenvalue weighted by atomic mass is 16.4. The van der Waals surface area contributed by atoms with E-state index in [0.717, 1.165) is 5.57 Å². The van der Waals surface area contributed by atoms with E-state index in [1.54, 1.807) is 37.3 Å². The molecule has 2 amide bonds. The Balaban J connectivity index is 2.67. The maximum atomic E-state index is 11.5. The van der Waals surface area contributed by atoms with E-state index >= 15 is 0 Å². The average molecular weight is 248 g/mol. The minimum Gasteiger partial charge on any atom is -0.479 e. The van der Waals surface area contributed by atoms with E-state index in [4.69, 9.17) is 5.11 Å². The number of rotatable bonds is 5. The van der Waals surface area contributed by atoms with Crippen molar-refractivity contribution >= 4 is 12.0 Å². The van der Waals surface area contributed by atoms with Crippen LogP contribution in [0.25, 0.3) is 0 Å². The number of carbonyl (C=O) groups is 2. The molecule has 0 spiro atoms. The number of carboxylic acids is 1. The quantitative estimate of drug-likeness (QED) is 0.694. The van der Waals surface area contributed by atoms with Crippen molar-refractivity contribution in [2.75, 3.05) is 6.54 Å². The third-order valence-electron chi connectivity index (χ3n) is 2.21. The molecule has 1 unspecified atom stereocenters. The molecule has 1 aromatic carbocycles. The summed E-state index contributed by atoms with van der Waals surface area (Å²) in [5.41, 5.74) is 1.31. The minimum absolute atomic E-state index is 0.312. The Kier molecular flexibility index (Phi) is 4.92. The summed E-state index contributed by atoms with van der Waals surface area (Å²) in [5, 5.41) is 14.0. The Morgan fingerprint density at radius 1 is 1.33 bits per heavy atom. The van der Waals surface area contributed by atoms with E-state index in [-0.39, 0.29) is 0 Å². The van der Waals surface area contributed by atoms with E-state index in [9.17, 15) is 9.59 Å². The van der Waals surface area contributed by atoms with Gasteiger partial charge in [-0.3, -0.25) is 0 Å². The molecule has 0 aliphatic heterocycles. The van der Waals surface area contributed by atoms with Crippen molar-refractivity contribution in [3.63, 3.8) is 0 Å². The summed E-state index contributed by atoms with van der Waals surface area (Å²) in [6.07, 6.45) is 0. The van der Waals surface area contributed by atoms with Crippen LogP contribution in [0.15, 0.2) is 42.5 Å². The number of benzene rings is 1. The summed E-state index contributed by atoms with van der Waals surface area (Å²) in [4.78, 5) is 22.6. The van der Waals surface area contributed by atoms with Crippen LogP contribution in [0.4, 0.5) is 4.79 Å². The molecule has 5 heteroatoms. The monoisotopic (exact) mass is 248 g/mol.